The second-order valence-electron chi connectivity index (χ2n) is 7.26. The molecule has 0 saturated carbocycles. The molecule has 1 aliphatic rings. The number of nitrogens with zero attached hydrogens (tertiary/aromatic N) is 2. The van der Waals surface area contributed by atoms with Crippen LogP contribution in [-0.4, -0.2) is 43.8 Å². The van der Waals surface area contributed by atoms with Gasteiger partial charge in [0.1, 0.15) is 0 Å². The van der Waals surface area contributed by atoms with Crippen LogP contribution in [0.3, 0.4) is 0 Å². The molecule has 1 saturated heterocycles. The third-order valence-corrected chi connectivity index (χ3v) is 8.03. The van der Waals surface area contributed by atoms with E-state index in [2.05, 4.69) is 45.1 Å². The van der Waals surface area contributed by atoms with E-state index in [1.165, 1.54) is 17.2 Å². The van der Waals surface area contributed by atoms with Gasteiger partial charge in [0.25, 0.3) is 0 Å². The van der Waals surface area contributed by atoms with Crippen LogP contribution in [-0.2, 0) is 10.0 Å². The molecule has 7 heteroatoms. The Morgan fingerprint density at radius 1 is 0.800 bits per heavy atom. The van der Waals surface area contributed by atoms with E-state index < -0.39 is 10.0 Å². The van der Waals surface area contributed by atoms with Gasteiger partial charge in [-0.05, 0) is 41.5 Å². The van der Waals surface area contributed by atoms with Crippen LogP contribution in [0.5, 0.6) is 0 Å². The molecule has 1 atom stereocenters. The third-order valence-electron chi connectivity index (χ3n) is 5.37. The van der Waals surface area contributed by atoms with E-state index in [0.717, 1.165) is 4.47 Å². The fraction of sp³-hybridized carbons (Fsp3) is 0.217. The van der Waals surface area contributed by atoms with Gasteiger partial charge in [0.15, 0.2) is 0 Å². The van der Waals surface area contributed by atoms with Crippen LogP contribution in [0.25, 0.3) is 0 Å². The number of rotatable bonds is 5. The van der Waals surface area contributed by atoms with Crippen LogP contribution >= 0.6 is 27.5 Å². The van der Waals surface area contributed by atoms with Gasteiger partial charge in [0.2, 0.25) is 10.0 Å². The first-order valence-corrected chi connectivity index (χ1v) is 12.4. The zero-order valence-corrected chi connectivity index (χ0v) is 19.4. The first-order chi connectivity index (χ1) is 14.4. The smallest absolute Gasteiger partial charge is 0.243 e. The second kappa shape index (κ2) is 9.20. The van der Waals surface area contributed by atoms with Gasteiger partial charge in [0.05, 0.1) is 10.9 Å². The quantitative estimate of drug-likeness (QED) is 0.479. The molecule has 4 rings (SSSR count). The predicted molar refractivity (Wildman–Crippen MR) is 124 cm³/mol. The Bertz CT molecular complexity index is 1100. The summed E-state index contributed by atoms with van der Waals surface area (Å²) >= 11 is 9.51. The monoisotopic (exact) mass is 504 g/mol. The molecule has 3 aromatic rings. The maximum Gasteiger partial charge on any atom is 0.243 e. The lowest BCUT2D eigenvalue weighted by Gasteiger charge is -2.39. The molecule has 4 nitrogen and oxygen atoms in total. The molecule has 0 amide bonds. The summed E-state index contributed by atoms with van der Waals surface area (Å²) in [6.45, 7) is 2.17. The zero-order chi connectivity index (χ0) is 21.1. The molecule has 0 aromatic heterocycles. The SMILES string of the molecule is O=S(=O)(c1cccc(Cl)c1)N1CCN([C@H](c2ccccc2)c2ccc(Br)cc2)CC1. The summed E-state index contributed by atoms with van der Waals surface area (Å²) in [6.07, 6.45) is 0. The summed E-state index contributed by atoms with van der Waals surface area (Å²) in [5.74, 6) is 0. The maximum absolute atomic E-state index is 13.0. The highest BCUT2D eigenvalue weighted by Crippen LogP contribution is 2.31. The number of benzene rings is 3. The molecule has 1 aliphatic heterocycles. The zero-order valence-electron chi connectivity index (χ0n) is 16.3. The first-order valence-electron chi connectivity index (χ1n) is 9.75. The van der Waals surface area contributed by atoms with Crippen molar-refractivity contribution < 1.29 is 8.42 Å². The van der Waals surface area contributed by atoms with Crippen LogP contribution in [0, 0.1) is 0 Å². The summed E-state index contributed by atoms with van der Waals surface area (Å²) in [6, 6.07) is 25.2. The highest BCUT2D eigenvalue weighted by atomic mass is 79.9. The van der Waals surface area contributed by atoms with Gasteiger partial charge >= 0.3 is 0 Å². The van der Waals surface area contributed by atoms with Crippen LogP contribution in [0.2, 0.25) is 5.02 Å². The maximum atomic E-state index is 13.0. The van der Waals surface area contributed by atoms with Crippen molar-refractivity contribution in [1.29, 1.82) is 0 Å². The van der Waals surface area contributed by atoms with Crippen molar-refractivity contribution in [3.05, 3.63) is 99.5 Å². The van der Waals surface area contributed by atoms with Crippen molar-refractivity contribution in [1.82, 2.24) is 9.21 Å². The van der Waals surface area contributed by atoms with Crippen LogP contribution in [0.1, 0.15) is 17.2 Å². The number of sulfonamides is 1. The average Bonchev–Trinajstić information content (AvgIpc) is 2.76. The van der Waals surface area contributed by atoms with Gasteiger partial charge in [-0.2, -0.15) is 4.31 Å². The van der Waals surface area contributed by atoms with Crippen molar-refractivity contribution in [3.63, 3.8) is 0 Å². The lowest BCUT2D eigenvalue weighted by atomic mass is 9.96. The van der Waals surface area contributed by atoms with E-state index >= 15 is 0 Å². The predicted octanol–water partition coefficient (Wildman–Crippen LogP) is 5.20. The normalized spacial score (nSPS) is 17.0. The van der Waals surface area contributed by atoms with E-state index in [1.54, 1.807) is 22.5 Å². The average molecular weight is 506 g/mol. The lowest BCUT2D eigenvalue weighted by molar-refractivity contribution is 0.156. The minimum absolute atomic E-state index is 0.0790. The van der Waals surface area contributed by atoms with E-state index in [4.69, 9.17) is 11.6 Å². The summed E-state index contributed by atoms with van der Waals surface area (Å²) in [5.41, 5.74) is 2.39. The van der Waals surface area contributed by atoms with Crippen molar-refractivity contribution in [2.45, 2.75) is 10.9 Å². The van der Waals surface area contributed by atoms with Gasteiger partial charge in [-0.25, -0.2) is 8.42 Å². The third kappa shape index (κ3) is 4.63. The Morgan fingerprint density at radius 2 is 1.43 bits per heavy atom. The van der Waals surface area contributed by atoms with Crippen molar-refractivity contribution in [2.24, 2.45) is 0 Å². The molecule has 30 heavy (non-hydrogen) atoms. The molecule has 0 bridgehead atoms. The van der Waals surface area contributed by atoms with Crippen molar-refractivity contribution in [3.8, 4) is 0 Å². The van der Waals surface area contributed by atoms with Crippen LogP contribution in [0.15, 0.2) is 88.2 Å². The fourth-order valence-corrected chi connectivity index (χ4v) is 5.86. The molecular weight excluding hydrogens is 484 g/mol. The molecule has 0 spiro atoms. The Kier molecular flexibility index (Phi) is 6.60. The molecule has 1 heterocycles. The van der Waals surface area contributed by atoms with E-state index in [1.807, 2.05) is 30.3 Å². The Morgan fingerprint density at radius 3 is 2.07 bits per heavy atom. The van der Waals surface area contributed by atoms with Gasteiger partial charge in [-0.15, -0.1) is 0 Å². The highest BCUT2D eigenvalue weighted by Gasteiger charge is 2.32. The molecular formula is C23H22BrClN2O2S. The first kappa shape index (κ1) is 21.5. The Balaban J connectivity index is 1.56. The second-order valence-corrected chi connectivity index (χ2v) is 10.6. The number of hydrogen-bond acceptors (Lipinski definition) is 3. The summed E-state index contributed by atoms with van der Waals surface area (Å²) in [4.78, 5) is 2.60. The summed E-state index contributed by atoms with van der Waals surface area (Å²) < 4.78 is 28.7. The van der Waals surface area contributed by atoms with Crippen molar-refractivity contribution >= 4 is 37.6 Å². The molecule has 0 radical (unpaired) electrons. The van der Waals surface area contributed by atoms with Gasteiger partial charge < -0.3 is 0 Å². The minimum Gasteiger partial charge on any atom is -0.290 e. The fourth-order valence-electron chi connectivity index (χ4n) is 3.87. The number of piperazine rings is 1. The molecule has 0 N–H and O–H groups in total. The van der Waals surface area contributed by atoms with E-state index in [0.29, 0.717) is 31.2 Å². The van der Waals surface area contributed by atoms with E-state index in [-0.39, 0.29) is 10.9 Å². The topological polar surface area (TPSA) is 40.6 Å². The number of hydrogen-bond donors (Lipinski definition) is 0. The Labute approximate surface area is 191 Å². The molecule has 0 aliphatic carbocycles. The van der Waals surface area contributed by atoms with Gasteiger partial charge in [0, 0.05) is 35.7 Å². The van der Waals surface area contributed by atoms with Crippen LogP contribution < -0.4 is 0 Å². The summed E-state index contributed by atoms with van der Waals surface area (Å²) in [5, 5.41) is 0.425. The number of halogens is 2. The molecule has 156 valence electrons. The Hall–Kier alpha value is -1.70. The van der Waals surface area contributed by atoms with E-state index in [9.17, 15) is 8.42 Å². The minimum atomic E-state index is -3.55. The molecule has 0 unspecified atom stereocenters. The van der Waals surface area contributed by atoms with Crippen LogP contribution in [0.4, 0.5) is 0 Å². The molecule has 3 aromatic carbocycles. The highest BCUT2D eigenvalue weighted by molar-refractivity contribution is 9.10. The summed E-state index contributed by atoms with van der Waals surface area (Å²) in [7, 11) is -3.55. The molecule has 1 fully saturated rings. The van der Waals surface area contributed by atoms with Gasteiger partial charge in [-0.1, -0.05) is 76.1 Å². The van der Waals surface area contributed by atoms with Crippen molar-refractivity contribution in [2.75, 3.05) is 26.2 Å². The lowest BCUT2D eigenvalue weighted by Crippen LogP contribution is -2.49. The standard InChI is InChI=1S/C23H22BrClN2O2S/c24-20-11-9-19(10-12-20)23(18-5-2-1-3-6-18)26-13-15-27(16-14-26)30(28,29)22-8-4-7-21(25)17-22/h1-12,17,23H,13-16H2/t23-/m1/s1. The van der Waals surface area contributed by atoms with Gasteiger partial charge in [-0.3, -0.25) is 4.90 Å². The largest absolute Gasteiger partial charge is 0.290 e.